The number of benzene rings is 1. The minimum absolute atomic E-state index is 0.0682. The van der Waals surface area contributed by atoms with Crippen molar-refractivity contribution in [1.82, 2.24) is 0 Å². The molecule has 1 aliphatic rings. The van der Waals surface area contributed by atoms with Gasteiger partial charge < -0.3 is 4.74 Å². The van der Waals surface area contributed by atoms with Crippen molar-refractivity contribution in [2.75, 3.05) is 6.61 Å². The van der Waals surface area contributed by atoms with Gasteiger partial charge >= 0.3 is 0 Å². The van der Waals surface area contributed by atoms with Crippen LogP contribution in [0.5, 0.6) is 5.75 Å². The summed E-state index contributed by atoms with van der Waals surface area (Å²) in [6, 6.07) is 5.62. The zero-order valence-corrected chi connectivity index (χ0v) is 10.7. The highest BCUT2D eigenvalue weighted by Crippen LogP contribution is 2.28. The molecule has 0 atom stereocenters. The summed E-state index contributed by atoms with van der Waals surface area (Å²) in [5.41, 5.74) is 0.804. The van der Waals surface area contributed by atoms with Crippen LogP contribution in [0.3, 0.4) is 0 Å². The number of allylic oxidation sites excluding steroid dienone is 2. The van der Waals surface area contributed by atoms with Crippen LogP contribution < -0.4 is 10.2 Å². The van der Waals surface area contributed by atoms with Crippen LogP contribution in [0.4, 0.5) is 0 Å². The summed E-state index contributed by atoms with van der Waals surface area (Å²) < 4.78 is 6.43. The Morgan fingerprint density at radius 2 is 2.28 bits per heavy atom. The molecule has 0 radical (unpaired) electrons. The summed E-state index contributed by atoms with van der Waals surface area (Å²) in [4.78, 5) is 13.3. The van der Waals surface area contributed by atoms with Crippen LogP contribution in [0, 0.1) is 6.08 Å². The Balaban J connectivity index is 2.29. The van der Waals surface area contributed by atoms with Crippen LogP contribution in [-0.4, -0.2) is 6.61 Å². The third-order valence-corrected chi connectivity index (χ3v) is 3.93. The fourth-order valence-corrected chi connectivity index (χ4v) is 3.06. The molecule has 0 N–H and O–H groups in total. The second kappa shape index (κ2) is 4.37. The maximum absolute atomic E-state index is 12.3. The first-order chi connectivity index (χ1) is 8.79. The average Bonchev–Trinajstić information content (AvgIpc) is 2.39. The molecule has 2 aromatic rings. The lowest BCUT2D eigenvalue weighted by Crippen LogP contribution is -2.07. The number of rotatable bonds is 2. The van der Waals surface area contributed by atoms with Crippen molar-refractivity contribution in [1.29, 1.82) is 0 Å². The summed E-state index contributed by atoms with van der Waals surface area (Å²) >= 11 is 1.61. The van der Waals surface area contributed by atoms with Gasteiger partial charge in [0, 0.05) is 10.8 Å². The van der Waals surface area contributed by atoms with Crippen molar-refractivity contribution in [2.24, 2.45) is 0 Å². The molecule has 0 fully saturated rings. The van der Waals surface area contributed by atoms with Crippen molar-refractivity contribution < 1.29 is 4.74 Å². The highest BCUT2D eigenvalue weighted by molar-refractivity contribution is 7.19. The van der Waals surface area contributed by atoms with Crippen LogP contribution in [-0.2, 0) is 0 Å². The normalized spacial score (nSPS) is 12.3. The van der Waals surface area contributed by atoms with Gasteiger partial charge in [-0.25, -0.2) is 0 Å². The number of hydrogen-bond acceptors (Lipinski definition) is 3. The first-order valence-corrected chi connectivity index (χ1v) is 6.60. The Kier molecular flexibility index (Phi) is 2.71. The van der Waals surface area contributed by atoms with Gasteiger partial charge in [0.15, 0.2) is 10.4 Å². The number of fused-ring (bicyclic) bond motifs is 2. The van der Waals surface area contributed by atoms with E-state index in [4.69, 9.17) is 4.74 Å². The molecule has 18 heavy (non-hydrogen) atoms. The van der Waals surface area contributed by atoms with E-state index in [1.165, 1.54) is 0 Å². The van der Waals surface area contributed by atoms with Gasteiger partial charge in [-0.05, 0) is 25.1 Å². The zero-order valence-electron chi connectivity index (χ0n) is 9.90. The van der Waals surface area contributed by atoms with E-state index in [1.807, 2.05) is 37.3 Å². The number of ether oxygens (including phenoxy) is 1. The van der Waals surface area contributed by atoms with Gasteiger partial charge in [-0.15, -0.1) is 11.3 Å². The minimum atomic E-state index is 0.0682. The van der Waals surface area contributed by atoms with Crippen LogP contribution >= 0.6 is 11.3 Å². The number of hydrogen-bond donors (Lipinski definition) is 0. The molecule has 1 aliphatic carbocycles. The average molecular weight is 255 g/mol. The topological polar surface area (TPSA) is 26.3 Å². The predicted octanol–water partition coefficient (Wildman–Crippen LogP) is 3.50. The molecule has 88 valence electrons. The van der Waals surface area contributed by atoms with E-state index in [1.54, 1.807) is 17.4 Å². The first-order valence-electron chi connectivity index (χ1n) is 5.79. The molecule has 0 unspecified atom stereocenters. The second-order valence-corrected chi connectivity index (χ2v) is 5.03. The quantitative estimate of drug-likeness (QED) is 0.768. The van der Waals surface area contributed by atoms with Crippen molar-refractivity contribution in [3.05, 3.63) is 51.0 Å². The van der Waals surface area contributed by atoms with Gasteiger partial charge in [-0.2, -0.15) is 0 Å². The standard InChI is InChI=1S/C15H11O2S/c1-2-17-10-7-8-12-14(9-10)18-13-6-4-3-5-11(13)15(12)16/h4-9H,2H2,1H3/q+1. The molecule has 0 spiro atoms. The van der Waals surface area contributed by atoms with E-state index in [9.17, 15) is 4.79 Å². The fourth-order valence-electron chi connectivity index (χ4n) is 1.98. The van der Waals surface area contributed by atoms with Gasteiger partial charge in [-0.1, -0.05) is 0 Å². The van der Waals surface area contributed by atoms with Crippen molar-refractivity contribution >= 4 is 33.6 Å². The third kappa shape index (κ3) is 1.74. The van der Waals surface area contributed by atoms with Gasteiger partial charge in [0.2, 0.25) is 0 Å². The zero-order chi connectivity index (χ0) is 12.5. The van der Waals surface area contributed by atoms with Crippen LogP contribution in [0.2, 0.25) is 0 Å². The highest BCUT2D eigenvalue weighted by atomic mass is 32.1. The minimum Gasteiger partial charge on any atom is -0.494 e. The lowest BCUT2D eigenvalue weighted by atomic mass is 10.1. The Bertz CT molecular complexity index is 723. The summed E-state index contributed by atoms with van der Waals surface area (Å²) in [6.45, 7) is 2.58. The molecular weight excluding hydrogens is 244 g/mol. The molecule has 0 saturated carbocycles. The lowest BCUT2D eigenvalue weighted by molar-refractivity contribution is 0.341. The van der Waals surface area contributed by atoms with Crippen molar-refractivity contribution in [3.63, 3.8) is 0 Å². The van der Waals surface area contributed by atoms with Crippen molar-refractivity contribution in [2.45, 2.75) is 6.92 Å². The molecule has 0 amide bonds. The maximum Gasteiger partial charge on any atom is 0.251 e. The maximum atomic E-state index is 12.3. The predicted molar refractivity (Wildman–Crippen MR) is 76.0 cm³/mol. The van der Waals surface area contributed by atoms with Crippen molar-refractivity contribution in [3.8, 4) is 5.75 Å². The SMILES string of the molecule is CCOc1ccc2c(=O)c3c(sc2c1)C=C[C+]=C3. The monoisotopic (exact) mass is 255 g/mol. The second-order valence-electron chi connectivity index (χ2n) is 3.94. The van der Waals surface area contributed by atoms with Gasteiger partial charge in [0.25, 0.3) is 5.43 Å². The Hall–Kier alpha value is -1.96. The first kappa shape index (κ1) is 11.1. The smallest absolute Gasteiger partial charge is 0.251 e. The van der Waals surface area contributed by atoms with Crippen LogP contribution in [0.1, 0.15) is 17.4 Å². The molecular formula is C15H11O2S+. The van der Waals surface area contributed by atoms with Crippen LogP contribution in [0.25, 0.3) is 22.2 Å². The van der Waals surface area contributed by atoms with Gasteiger partial charge in [0.1, 0.15) is 17.9 Å². The molecule has 0 saturated heterocycles. The molecule has 1 aromatic carbocycles. The Morgan fingerprint density at radius 3 is 3.11 bits per heavy atom. The summed E-state index contributed by atoms with van der Waals surface area (Å²) in [6.07, 6.45) is 8.46. The Labute approximate surface area is 109 Å². The van der Waals surface area contributed by atoms with Gasteiger partial charge in [0.05, 0.1) is 18.1 Å². The van der Waals surface area contributed by atoms with E-state index < -0.39 is 0 Å². The largest absolute Gasteiger partial charge is 0.494 e. The summed E-state index contributed by atoms with van der Waals surface area (Å²) in [5, 5.41) is 0.746. The van der Waals surface area contributed by atoms with E-state index in [0.717, 1.165) is 26.3 Å². The Morgan fingerprint density at radius 1 is 1.39 bits per heavy atom. The van der Waals surface area contributed by atoms with E-state index in [0.29, 0.717) is 6.61 Å². The van der Waals surface area contributed by atoms with Crippen LogP contribution in [0.15, 0.2) is 29.1 Å². The van der Waals surface area contributed by atoms with Gasteiger partial charge in [-0.3, -0.25) is 4.79 Å². The molecule has 1 heterocycles. The molecule has 1 aromatic heterocycles. The van der Waals surface area contributed by atoms with E-state index in [2.05, 4.69) is 6.08 Å². The highest BCUT2D eigenvalue weighted by Gasteiger charge is 2.17. The molecule has 0 bridgehead atoms. The molecule has 2 nitrogen and oxygen atoms in total. The molecule has 3 heteroatoms. The molecule has 0 aliphatic heterocycles. The van der Waals surface area contributed by atoms with E-state index >= 15 is 0 Å². The fraction of sp³-hybridized carbons (Fsp3) is 0.133. The van der Waals surface area contributed by atoms with E-state index in [-0.39, 0.29) is 5.43 Å². The summed E-state index contributed by atoms with van der Waals surface area (Å²) in [5.74, 6) is 0.808. The summed E-state index contributed by atoms with van der Waals surface area (Å²) in [7, 11) is 0. The lowest BCUT2D eigenvalue weighted by Gasteiger charge is -2.04. The third-order valence-electron chi connectivity index (χ3n) is 2.80. The molecule has 3 rings (SSSR count).